The van der Waals surface area contributed by atoms with E-state index in [2.05, 4.69) is 53.4 Å². The summed E-state index contributed by atoms with van der Waals surface area (Å²) >= 11 is 1.97. The highest BCUT2D eigenvalue weighted by Crippen LogP contribution is 2.43. The topological polar surface area (TPSA) is 6.48 Å². The van der Waals surface area contributed by atoms with Gasteiger partial charge in [-0.3, -0.25) is 4.90 Å². The fraction of sp³-hybridized carbons (Fsp3) is 0.647. The van der Waals surface area contributed by atoms with Crippen molar-refractivity contribution in [3.63, 3.8) is 0 Å². The van der Waals surface area contributed by atoms with E-state index in [9.17, 15) is 0 Å². The van der Waals surface area contributed by atoms with Crippen LogP contribution in [0.3, 0.4) is 0 Å². The van der Waals surface area contributed by atoms with Crippen molar-refractivity contribution in [2.75, 3.05) is 45.2 Å². The first-order valence-corrected chi connectivity index (χ1v) is 9.15. The van der Waals surface area contributed by atoms with E-state index in [1.807, 2.05) is 11.8 Å². The number of hydrogen-bond donors (Lipinski definition) is 0. The number of nitrogens with zero attached hydrogens (tertiary/aromatic N) is 2. The highest BCUT2D eigenvalue weighted by atomic mass is 35.5. The molecule has 2 nitrogen and oxygen atoms in total. The highest BCUT2D eigenvalue weighted by Gasteiger charge is 2.45. The lowest BCUT2D eigenvalue weighted by atomic mass is 9.90. The second kappa shape index (κ2) is 9.39. The van der Waals surface area contributed by atoms with Crippen molar-refractivity contribution in [2.45, 2.75) is 12.5 Å². The van der Waals surface area contributed by atoms with Gasteiger partial charge in [-0.05, 0) is 49.4 Å². The Morgan fingerprint density at radius 2 is 1.82 bits per heavy atom. The first-order chi connectivity index (χ1) is 9.79. The van der Waals surface area contributed by atoms with Crippen LogP contribution in [0.1, 0.15) is 18.0 Å². The molecule has 0 N–H and O–H groups in total. The van der Waals surface area contributed by atoms with Crippen molar-refractivity contribution < 1.29 is 0 Å². The van der Waals surface area contributed by atoms with Crippen LogP contribution < -0.4 is 0 Å². The van der Waals surface area contributed by atoms with Crippen LogP contribution in [0.2, 0.25) is 0 Å². The van der Waals surface area contributed by atoms with Crippen LogP contribution in [0.15, 0.2) is 30.3 Å². The largest absolute Gasteiger partial charge is 0.303 e. The molecule has 0 bridgehead atoms. The Kier molecular flexibility index (Phi) is 8.58. The quantitative estimate of drug-likeness (QED) is 0.735. The first-order valence-electron chi connectivity index (χ1n) is 7.76. The Morgan fingerprint density at radius 1 is 1.09 bits per heavy atom. The molecular weight excluding hydrogens is 335 g/mol. The molecule has 126 valence electrons. The molecule has 0 aliphatic carbocycles. The summed E-state index contributed by atoms with van der Waals surface area (Å²) in [5.74, 6) is 3.00. The molecule has 2 heterocycles. The first kappa shape index (κ1) is 20.1. The Balaban J connectivity index is 0.00000121. The van der Waals surface area contributed by atoms with Gasteiger partial charge in [0, 0.05) is 25.7 Å². The lowest BCUT2D eigenvalue weighted by molar-refractivity contribution is 0.229. The van der Waals surface area contributed by atoms with Gasteiger partial charge in [-0.15, -0.1) is 24.8 Å². The molecule has 5 heteroatoms. The van der Waals surface area contributed by atoms with Crippen LogP contribution in [0.4, 0.5) is 0 Å². The number of thioether (sulfide) groups is 1. The molecule has 1 aromatic rings. The van der Waals surface area contributed by atoms with Gasteiger partial charge in [0.1, 0.15) is 0 Å². The zero-order valence-electron chi connectivity index (χ0n) is 13.5. The molecule has 2 aliphatic heterocycles. The average Bonchev–Trinajstić information content (AvgIpc) is 2.96. The van der Waals surface area contributed by atoms with Crippen molar-refractivity contribution in [1.82, 2.24) is 9.80 Å². The maximum atomic E-state index is 2.70. The van der Waals surface area contributed by atoms with Gasteiger partial charge >= 0.3 is 0 Å². The fourth-order valence-corrected chi connectivity index (χ4v) is 4.53. The van der Waals surface area contributed by atoms with Crippen LogP contribution in [0.25, 0.3) is 0 Å². The molecule has 0 amide bonds. The molecule has 0 saturated carbocycles. The van der Waals surface area contributed by atoms with Crippen molar-refractivity contribution in [3.05, 3.63) is 35.9 Å². The summed E-state index contributed by atoms with van der Waals surface area (Å²) in [5, 5.41) is 0. The zero-order valence-corrected chi connectivity index (χ0v) is 15.9. The molecule has 3 atom stereocenters. The Bertz CT molecular complexity index is 432. The third-order valence-corrected chi connectivity index (χ3v) is 5.63. The summed E-state index contributed by atoms with van der Waals surface area (Å²) in [7, 11) is 2.30. The van der Waals surface area contributed by atoms with Crippen molar-refractivity contribution in [3.8, 4) is 0 Å². The number of halogens is 2. The normalized spacial score (nSPS) is 28.0. The van der Waals surface area contributed by atoms with E-state index >= 15 is 0 Å². The molecule has 2 fully saturated rings. The predicted octanol–water partition coefficient (Wildman–Crippen LogP) is 3.82. The smallest absolute Gasteiger partial charge is 0.0389 e. The van der Waals surface area contributed by atoms with Crippen molar-refractivity contribution in [2.24, 2.45) is 11.8 Å². The van der Waals surface area contributed by atoms with Gasteiger partial charge in [0.2, 0.25) is 0 Å². The number of hydrogen-bond acceptors (Lipinski definition) is 3. The Morgan fingerprint density at radius 3 is 2.50 bits per heavy atom. The summed E-state index contributed by atoms with van der Waals surface area (Å²) in [6, 6.07) is 11.7. The van der Waals surface area contributed by atoms with Crippen molar-refractivity contribution in [1.29, 1.82) is 0 Å². The second-order valence-electron chi connectivity index (χ2n) is 6.32. The number of benzene rings is 1. The highest BCUT2D eigenvalue weighted by molar-refractivity contribution is 7.98. The predicted molar refractivity (Wildman–Crippen MR) is 103 cm³/mol. The molecule has 22 heavy (non-hydrogen) atoms. The monoisotopic (exact) mass is 362 g/mol. The van der Waals surface area contributed by atoms with E-state index in [0.29, 0.717) is 6.04 Å². The second-order valence-corrected chi connectivity index (χ2v) is 7.31. The minimum atomic E-state index is 0. The summed E-state index contributed by atoms with van der Waals surface area (Å²) < 4.78 is 0. The van der Waals surface area contributed by atoms with Gasteiger partial charge in [0.05, 0.1) is 0 Å². The van der Waals surface area contributed by atoms with Gasteiger partial charge in [0.15, 0.2) is 0 Å². The maximum Gasteiger partial charge on any atom is 0.0389 e. The van der Waals surface area contributed by atoms with Crippen LogP contribution in [-0.2, 0) is 0 Å². The zero-order chi connectivity index (χ0) is 13.9. The summed E-state index contributed by atoms with van der Waals surface area (Å²) in [6.45, 7) is 5.16. The Hall–Kier alpha value is 0.0700. The molecule has 0 spiro atoms. The number of fused-ring (bicyclic) bond motifs is 1. The molecule has 1 aromatic carbocycles. The van der Waals surface area contributed by atoms with E-state index in [4.69, 9.17) is 0 Å². The van der Waals surface area contributed by atoms with Gasteiger partial charge in [-0.25, -0.2) is 0 Å². The van der Waals surface area contributed by atoms with Gasteiger partial charge < -0.3 is 4.90 Å². The third kappa shape index (κ3) is 4.33. The number of rotatable bonds is 5. The molecule has 0 radical (unpaired) electrons. The minimum absolute atomic E-state index is 0. The lowest BCUT2D eigenvalue weighted by Gasteiger charge is -2.26. The van der Waals surface area contributed by atoms with Gasteiger partial charge in [0.25, 0.3) is 0 Å². The molecule has 2 saturated heterocycles. The molecule has 2 aliphatic rings. The Labute approximate surface area is 151 Å². The van der Waals surface area contributed by atoms with Crippen LogP contribution >= 0.6 is 36.6 Å². The third-order valence-electron chi connectivity index (χ3n) is 4.93. The van der Waals surface area contributed by atoms with Crippen LogP contribution in [-0.4, -0.2) is 55.0 Å². The fourth-order valence-electron chi connectivity index (χ4n) is 4.12. The van der Waals surface area contributed by atoms with E-state index < -0.39 is 0 Å². The van der Waals surface area contributed by atoms with Gasteiger partial charge in [-0.1, -0.05) is 30.3 Å². The van der Waals surface area contributed by atoms with Crippen LogP contribution in [0, 0.1) is 11.8 Å². The summed E-state index contributed by atoms with van der Waals surface area (Å²) in [5.41, 5.74) is 1.51. The molecule has 3 rings (SSSR count). The standard InChI is InChI=1S/C17H26N2S.2ClH/c1-18-11-15-12-19(9-6-10-20-2)13-16(15)17(18)14-7-4-3-5-8-14;;/h3-5,7-8,15-17H,6,9-13H2,1-2H3;2*1H/t15-,16+,17-;;/m0../s1. The summed E-state index contributed by atoms with van der Waals surface area (Å²) in [6.07, 6.45) is 3.55. The molecule has 0 aromatic heterocycles. The average molecular weight is 363 g/mol. The van der Waals surface area contributed by atoms with Gasteiger partial charge in [-0.2, -0.15) is 11.8 Å². The molecule has 0 unspecified atom stereocenters. The van der Waals surface area contributed by atoms with E-state index in [-0.39, 0.29) is 24.8 Å². The lowest BCUT2D eigenvalue weighted by Crippen LogP contribution is -2.29. The van der Waals surface area contributed by atoms with E-state index in [1.54, 1.807) is 0 Å². The molecular formula is C17H28Cl2N2S. The van der Waals surface area contributed by atoms with Crippen LogP contribution in [0.5, 0.6) is 0 Å². The SMILES string of the molecule is CSCCCN1C[C@@H]2CN(C)[C@@H](c3ccccc3)[C@@H]2C1.Cl.Cl. The van der Waals surface area contributed by atoms with Crippen molar-refractivity contribution >= 4 is 36.6 Å². The van der Waals surface area contributed by atoms with E-state index in [1.165, 1.54) is 43.9 Å². The number of likely N-dealkylation sites (tertiary alicyclic amines) is 2. The maximum absolute atomic E-state index is 2.70. The minimum Gasteiger partial charge on any atom is -0.303 e. The van der Waals surface area contributed by atoms with E-state index in [0.717, 1.165) is 11.8 Å². The summed E-state index contributed by atoms with van der Waals surface area (Å²) in [4.78, 5) is 5.28.